The SMILES string of the molecule is CC(C)(C)CC(C)(C)c1cc(-c2cc(C(C)(C)CC(C)(C)C)c(OCCOCC3CO3)c(C(C)(C)CC(C)(C)C)c2)cc(C(C)(C)CC(C)(C)C)c1OCCOCC1CO1. The first-order chi connectivity index (χ1) is 27.2. The highest BCUT2D eigenvalue weighted by molar-refractivity contribution is 5.73. The van der Waals surface area contributed by atoms with Crippen LogP contribution in [0.1, 0.15) is 186 Å². The summed E-state index contributed by atoms with van der Waals surface area (Å²) in [6, 6.07) is 9.89. The largest absolute Gasteiger partial charge is 0.491 e. The van der Waals surface area contributed by atoms with Crippen LogP contribution in [0.25, 0.3) is 11.1 Å². The van der Waals surface area contributed by atoms with E-state index < -0.39 is 0 Å². The lowest BCUT2D eigenvalue weighted by Gasteiger charge is -2.40. The van der Waals surface area contributed by atoms with Crippen LogP contribution in [0.5, 0.6) is 11.5 Å². The van der Waals surface area contributed by atoms with Crippen LogP contribution in [0.3, 0.4) is 0 Å². The van der Waals surface area contributed by atoms with Crippen molar-refractivity contribution in [3.05, 3.63) is 46.5 Å². The summed E-state index contributed by atoms with van der Waals surface area (Å²) in [5.74, 6) is 2.04. The average molecular weight is 835 g/mol. The molecule has 2 atom stereocenters. The van der Waals surface area contributed by atoms with Crippen LogP contribution in [0.2, 0.25) is 0 Å². The molecule has 60 heavy (non-hydrogen) atoms. The Morgan fingerprint density at radius 2 is 0.633 bits per heavy atom. The zero-order valence-electron chi connectivity index (χ0n) is 42.4. The van der Waals surface area contributed by atoms with Crippen LogP contribution >= 0.6 is 0 Å². The van der Waals surface area contributed by atoms with Crippen molar-refractivity contribution >= 4 is 0 Å². The molecule has 2 aromatic carbocycles. The van der Waals surface area contributed by atoms with Crippen LogP contribution in [-0.2, 0) is 40.6 Å². The maximum Gasteiger partial charge on any atom is 0.126 e. The van der Waals surface area contributed by atoms with Crippen LogP contribution in [-0.4, -0.2) is 65.1 Å². The fourth-order valence-electron chi connectivity index (χ4n) is 10.8. The molecule has 342 valence electrons. The molecule has 4 rings (SSSR count). The van der Waals surface area contributed by atoms with E-state index in [1.807, 2.05) is 0 Å². The molecule has 2 aliphatic heterocycles. The molecule has 2 unspecified atom stereocenters. The van der Waals surface area contributed by atoms with E-state index >= 15 is 0 Å². The number of hydrogen-bond donors (Lipinski definition) is 0. The van der Waals surface area contributed by atoms with E-state index in [-0.39, 0.29) is 55.5 Å². The quantitative estimate of drug-likeness (QED) is 0.0922. The summed E-state index contributed by atoms with van der Waals surface area (Å²) < 4.78 is 37.0. The van der Waals surface area contributed by atoms with E-state index in [0.29, 0.717) is 39.6 Å². The highest BCUT2D eigenvalue weighted by Crippen LogP contribution is 2.52. The van der Waals surface area contributed by atoms with Gasteiger partial charge >= 0.3 is 0 Å². The molecule has 0 amide bonds. The third-order valence-electron chi connectivity index (χ3n) is 11.7. The number of benzene rings is 2. The van der Waals surface area contributed by atoms with Gasteiger partial charge in [-0.3, -0.25) is 0 Å². The van der Waals surface area contributed by atoms with E-state index in [0.717, 1.165) is 50.4 Å². The Morgan fingerprint density at radius 3 is 0.833 bits per heavy atom. The predicted molar refractivity (Wildman–Crippen MR) is 252 cm³/mol. The Labute approximate surface area is 368 Å². The van der Waals surface area contributed by atoms with Gasteiger partial charge in [-0.2, -0.15) is 0 Å². The summed E-state index contributed by atoms with van der Waals surface area (Å²) in [4.78, 5) is 0. The first-order valence-corrected chi connectivity index (χ1v) is 23.2. The summed E-state index contributed by atoms with van der Waals surface area (Å²) in [5, 5.41) is 0. The van der Waals surface area contributed by atoms with Crippen molar-refractivity contribution in [2.45, 2.75) is 198 Å². The van der Waals surface area contributed by atoms with Gasteiger partial charge in [0.25, 0.3) is 0 Å². The van der Waals surface area contributed by atoms with Crippen molar-refractivity contribution in [1.82, 2.24) is 0 Å². The second-order valence-corrected chi connectivity index (χ2v) is 26.0. The number of hydrogen-bond acceptors (Lipinski definition) is 6. The lowest BCUT2D eigenvalue weighted by atomic mass is 9.66. The highest BCUT2D eigenvalue weighted by Gasteiger charge is 2.40. The van der Waals surface area contributed by atoms with Gasteiger partial charge in [-0.25, -0.2) is 0 Å². The summed E-state index contributed by atoms with van der Waals surface area (Å²) >= 11 is 0. The molecule has 0 aliphatic carbocycles. The second kappa shape index (κ2) is 18.5. The fraction of sp³-hybridized carbons (Fsp3) is 0.778. The molecule has 0 spiro atoms. The highest BCUT2D eigenvalue weighted by atomic mass is 16.6. The maximum atomic E-state index is 7.03. The van der Waals surface area contributed by atoms with Crippen molar-refractivity contribution < 1.29 is 28.4 Å². The summed E-state index contributed by atoms with van der Waals surface area (Å²) in [7, 11) is 0. The molecule has 0 saturated carbocycles. The van der Waals surface area contributed by atoms with Gasteiger partial charge in [0.2, 0.25) is 0 Å². The molecule has 6 heteroatoms. The standard InChI is InChI=1S/C54H90O6/c1-47(2,3)33-51(13,14)41-25-37(26-42(52(15,16)34-48(4,5)6)45(41)57-23-21-55-29-39-31-59-39)38-27-43(53(17,18)35-49(7,8)9)46(58-24-22-56-30-40-32-60-40)44(28-38)54(19,20)36-50(10,11)12/h25-28,39-40H,21-24,29-36H2,1-20H3. The summed E-state index contributed by atoms with van der Waals surface area (Å²) in [5.41, 5.74) is 7.21. The first-order valence-electron chi connectivity index (χ1n) is 23.2. The van der Waals surface area contributed by atoms with Gasteiger partial charge in [-0.05, 0) is 104 Å². The Kier molecular flexibility index (Phi) is 15.6. The topological polar surface area (TPSA) is 62.0 Å². The molecular weight excluding hydrogens is 745 g/mol. The zero-order valence-corrected chi connectivity index (χ0v) is 42.4. The van der Waals surface area contributed by atoms with Crippen LogP contribution in [0.15, 0.2) is 24.3 Å². The van der Waals surface area contributed by atoms with E-state index in [9.17, 15) is 0 Å². The Morgan fingerprint density at radius 1 is 0.400 bits per heavy atom. The number of epoxide rings is 2. The molecule has 2 aromatic rings. The zero-order chi connectivity index (χ0) is 45.3. The summed E-state index contributed by atoms with van der Waals surface area (Å²) in [6.45, 7) is 52.4. The van der Waals surface area contributed by atoms with Crippen LogP contribution in [0, 0.1) is 21.7 Å². The Hall–Kier alpha value is -2.12. The molecule has 0 bridgehead atoms. The lowest BCUT2D eigenvalue weighted by Crippen LogP contribution is -2.30. The van der Waals surface area contributed by atoms with Crippen molar-refractivity contribution in [2.75, 3.05) is 52.9 Å². The smallest absolute Gasteiger partial charge is 0.126 e. The molecule has 0 aromatic heterocycles. The van der Waals surface area contributed by atoms with E-state index in [1.165, 1.54) is 33.4 Å². The van der Waals surface area contributed by atoms with Gasteiger partial charge < -0.3 is 28.4 Å². The van der Waals surface area contributed by atoms with Gasteiger partial charge in [-0.1, -0.05) is 138 Å². The minimum atomic E-state index is -0.184. The third-order valence-corrected chi connectivity index (χ3v) is 11.7. The van der Waals surface area contributed by atoms with E-state index in [2.05, 4.69) is 163 Å². The average Bonchev–Trinajstić information content (AvgIpc) is 3.96. The molecule has 2 saturated heterocycles. The van der Waals surface area contributed by atoms with Crippen molar-refractivity contribution in [2.24, 2.45) is 21.7 Å². The second-order valence-electron chi connectivity index (χ2n) is 26.0. The predicted octanol–water partition coefficient (Wildman–Crippen LogP) is 13.8. The molecule has 0 N–H and O–H groups in total. The minimum absolute atomic E-state index is 0.105. The fourth-order valence-corrected chi connectivity index (χ4v) is 10.8. The van der Waals surface area contributed by atoms with E-state index in [1.54, 1.807) is 0 Å². The van der Waals surface area contributed by atoms with Gasteiger partial charge in [0, 0.05) is 22.3 Å². The van der Waals surface area contributed by atoms with Crippen LogP contribution < -0.4 is 9.47 Å². The molecular formula is C54H90O6. The summed E-state index contributed by atoms with van der Waals surface area (Å²) in [6.07, 6.45) is 4.48. The number of rotatable bonds is 21. The van der Waals surface area contributed by atoms with Gasteiger partial charge in [0.15, 0.2) is 0 Å². The Balaban J connectivity index is 2.05. The van der Waals surface area contributed by atoms with Crippen molar-refractivity contribution in [1.29, 1.82) is 0 Å². The minimum Gasteiger partial charge on any atom is -0.491 e. The van der Waals surface area contributed by atoms with Gasteiger partial charge in [-0.15, -0.1) is 0 Å². The molecule has 2 aliphatic rings. The normalized spacial score (nSPS) is 18.2. The maximum absolute atomic E-state index is 7.03. The molecule has 2 fully saturated rings. The Bertz CT molecular complexity index is 1480. The first kappa shape index (κ1) is 50.5. The lowest BCUT2D eigenvalue weighted by molar-refractivity contribution is 0.0861. The monoisotopic (exact) mass is 835 g/mol. The molecule has 2 heterocycles. The van der Waals surface area contributed by atoms with Crippen molar-refractivity contribution in [3.63, 3.8) is 0 Å². The molecule has 0 radical (unpaired) electrons. The third kappa shape index (κ3) is 15.6. The van der Waals surface area contributed by atoms with E-state index in [4.69, 9.17) is 28.4 Å². The number of ether oxygens (including phenoxy) is 6. The van der Waals surface area contributed by atoms with Gasteiger partial charge in [0.1, 0.15) is 36.9 Å². The van der Waals surface area contributed by atoms with Crippen LogP contribution in [0.4, 0.5) is 0 Å². The molecule has 6 nitrogen and oxygen atoms in total. The van der Waals surface area contributed by atoms with Crippen molar-refractivity contribution in [3.8, 4) is 22.6 Å². The van der Waals surface area contributed by atoms with Gasteiger partial charge in [0.05, 0.1) is 39.6 Å².